The molecular weight excluding hydrogens is 338 g/mol. The zero-order chi connectivity index (χ0) is 18.8. The second-order valence-electron chi connectivity index (χ2n) is 7.25. The molecular formula is C19H21NO6. The molecule has 1 saturated heterocycles. The maximum absolute atomic E-state index is 13.2. The molecule has 4 rings (SSSR count). The molecule has 1 aromatic carbocycles. The van der Waals surface area contributed by atoms with Crippen molar-refractivity contribution < 1.29 is 29.3 Å². The molecule has 2 aliphatic carbocycles. The smallest absolute Gasteiger partial charge is 0.197 e. The maximum Gasteiger partial charge on any atom is 0.197 e. The van der Waals surface area contributed by atoms with Crippen LogP contribution in [-0.2, 0) is 14.9 Å². The molecule has 1 aromatic rings. The number of ether oxygens (including phenoxy) is 2. The number of fused-ring (bicyclic) bond motifs is 1. The third-order valence-corrected chi connectivity index (χ3v) is 6.14. The van der Waals surface area contributed by atoms with Crippen molar-refractivity contribution in [3.63, 3.8) is 0 Å². The number of likely N-dealkylation sites (tertiary alicyclic amines) is 1. The van der Waals surface area contributed by atoms with Gasteiger partial charge in [-0.05, 0) is 26.1 Å². The molecule has 0 radical (unpaired) electrons. The predicted molar refractivity (Wildman–Crippen MR) is 91.6 cm³/mol. The summed E-state index contributed by atoms with van der Waals surface area (Å²) in [6.07, 6.45) is 2.40. The Hall–Kier alpha value is -2.54. The first-order chi connectivity index (χ1) is 12.4. The third-order valence-electron chi connectivity index (χ3n) is 6.14. The van der Waals surface area contributed by atoms with Crippen LogP contribution < -0.4 is 4.74 Å². The van der Waals surface area contributed by atoms with Crippen LogP contribution >= 0.6 is 0 Å². The molecule has 0 unspecified atom stereocenters. The molecule has 0 spiro atoms. The van der Waals surface area contributed by atoms with Crippen LogP contribution in [0.5, 0.6) is 17.2 Å². The summed E-state index contributed by atoms with van der Waals surface area (Å²) in [6.45, 7) is 0.604. The third kappa shape index (κ3) is 1.92. The molecule has 3 aliphatic rings. The first kappa shape index (κ1) is 16.9. The van der Waals surface area contributed by atoms with Gasteiger partial charge in [0.1, 0.15) is 5.75 Å². The molecule has 1 heterocycles. The number of carbonyl (C=O) groups is 2. The van der Waals surface area contributed by atoms with E-state index >= 15 is 0 Å². The minimum atomic E-state index is -0.768. The van der Waals surface area contributed by atoms with E-state index in [1.807, 2.05) is 11.9 Å². The van der Waals surface area contributed by atoms with Crippen LogP contribution in [0.4, 0.5) is 0 Å². The molecule has 7 nitrogen and oxygen atoms in total. The number of piperidine rings is 1. The molecule has 26 heavy (non-hydrogen) atoms. The van der Waals surface area contributed by atoms with E-state index < -0.39 is 11.5 Å². The Labute approximate surface area is 150 Å². The number of carbonyl (C=O) groups excluding carboxylic acids is 2. The number of rotatable bonds is 2. The zero-order valence-electron chi connectivity index (χ0n) is 14.9. The number of phenolic OH excluding ortho intramolecular Hbond substituents is 2. The van der Waals surface area contributed by atoms with E-state index in [2.05, 4.69) is 0 Å². The largest absolute Gasteiger partial charge is 0.507 e. The first-order valence-electron chi connectivity index (χ1n) is 8.52. The normalized spacial score (nSPS) is 30.3. The number of methoxy groups -OCH3 is 2. The average molecular weight is 359 g/mol. The highest BCUT2D eigenvalue weighted by atomic mass is 16.5. The molecule has 1 fully saturated rings. The molecule has 7 heteroatoms. The molecule has 2 N–H and O–H groups in total. The predicted octanol–water partition coefficient (Wildman–Crippen LogP) is 1.36. The number of ketones is 2. The first-order valence-corrected chi connectivity index (χ1v) is 8.52. The van der Waals surface area contributed by atoms with Crippen molar-refractivity contribution in [2.24, 2.45) is 5.92 Å². The summed E-state index contributed by atoms with van der Waals surface area (Å²) in [5, 5.41) is 21.3. The Morgan fingerprint density at radius 1 is 1.23 bits per heavy atom. The molecule has 1 aliphatic heterocycles. The number of Topliss-reactive ketones (excluding diaryl/α,β-unsaturated/α-hetero) is 2. The number of phenols is 2. The van der Waals surface area contributed by atoms with Gasteiger partial charge in [-0.1, -0.05) is 0 Å². The van der Waals surface area contributed by atoms with E-state index in [0.717, 1.165) is 0 Å². The number of nitrogens with zero attached hydrogens (tertiary/aromatic N) is 1. The van der Waals surface area contributed by atoms with Crippen molar-refractivity contribution in [1.82, 2.24) is 4.90 Å². The van der Waals surface area contributed by atoms with Crippen LogP contribution in [0.3, 0.4) is 0 Å². The van der Waals surface area contributed by atoms with Gasteiger partial charge in [0.2, 0.25) is 0 Å². The van der Waals surface area contributed by atoms with Crippen LogP contribution in [0, 0.1) is 5.92 Å². The van der Waals surface area contributed by atoms with Crippen molar-refractivity contribution in [3.8, 4) is 17.2 Å². The van der Waals surface area contributed by atoms with Gasteiger partial charge < -0.3 is 19.7 Å². The highest BCUT2D eigenvalue weighted by molar-refractivity contribution is 6.08. The van der Waals surface area contributed by atoms with Crippen LogP contribution in [0.2, 0.25) is 0 Å². The lowest BCUT2D eigenvalue weighted by molar-refractivity contribution is -0.122. The van der Waals surface area contributed by atoms with Crippen molar-refractivity contribution in [2.75, 3.05) is 27.8 Å². The average Bonchev–Trinajstić information content (AvgIpc) is 2.61. The van der Waals surface area contributed by atoms with Crippen LogP contribution in [0.15, 0.2) is 17.9 Å². The summed E-state index contributed by atoms with van der Waals surface area (Å²) in [7, 11) is 4.67. The second-order valence-corrected chi connectivity index (χ2v) is 7.25. The SMILES string of the molecule is COC1=C[C@@H]2[C@@H]3C(=O)c4c(O)cc(OC)c(O)c4[C@]2(CCN3C)CC1=O. The van der Waals surface area contributed by atoms with Gasteiger partial charge in [-0.15, -0.1) is 0 Å². The number of aromatic hydroxyl groups is 2. The van der Waals surface area contributed by atoms with Crippen LogP contribution in [0.1, 0.15) is 28.8 Å². The number of hydrogen-bond acceptors (Lipinski definition) is 7. The van der Waals surface area contributed by atoms with Gasteiger partial charge in [0.15, 0.2) is 28.8 Å². The summed E-state index contributed by atoms with van der Waals surface area (Å²) in [4.78, 5) is 27.8. The van der Waals surface area contributed by atoms with Crippen molar-refractivity contribution in [3.05, 3.63) is 29.0 Å². The van der Waals surface area contributed by atoms with E-state index in [4.69, 9.17) is 9.47 Å². The zero-order valence-corrected chi connectivity index (χ0v) is 14.9. The van der Waals surface area contributed by atoms with Crippen molar-refractivity contribution in [2.45, 2.75) is 24.3 Å². The summed E-state index contributed by atoms with van der Waals surface area (Å²) in [6, 6.07) is 0.730. The van der Waals surface area contributed by atoms with E-state index in [-0.39, 0.29) is 52.5 Å². The summed E-state index contributed by atoms with van der Waals surface area (Å²) in [5.74, 6) is -0.836. The summed E-state index contributed by atoms with van der Waals surface area (Å²) in [5.41, 5.74) is -0.345. The number of benzene rings is 1. The Morgan fingerprint density at radius 3 is 2.62 bits per heavy atom. The van der Waals surface area contributed by atoms with Crippen molar-refractivity contribution >= 4 is 11.6 Å². The monoisotopic (exact) mass is 359 g/mol. The van der Waals surface area contributed by atoms with Gasteiger partial charge in [0, 0.05) is 29.4 Å². The lowest BCUT2D eigenvalue weighted by atomic mass is 9.53. The standard InChI is InChI=1S/C19H21NO6/c1-20-5-4-19-8-11(22)12(25-2)6-9(19)16(20)18(24)14-10(21)7-13(26-3)17(23)15(14)19/h6-7,9,16,21,23H,4-5,8H2,1-3H3/t9-,16-,19-/m1/s1. The van der Waals surface area contributed by atoms with Gasteiger partial charge in [-0.25, -0.2) is 0 Å². The fourth-order valence-corrected chi connectivity index (χ4v) is 4.94. The van der Waals surface area contributed by atoms with E-state index in [1.54, 1.807) is 6.08 Å². The lowest BCUT2D eigenvalue weighted by Gasteiger charge is -2.55. The topological polar surface area (TPSA) is 96.3 Å². The lowest BCUT2D eigenvalue weighted by Crippen LogP contribution is -2.62. The highest BCUT2D eigenvalue weighted by Crippen LogP contribution is 2.59. The van der Waals surface area contributed by atoms with Gasteiger partial charge in [-0.2, -0.15) is 0 Å². The Morgan fingerprint density at radius 2 is 1.96 bits per heavy atom. The van der Waals surface area contributed by atoms with Crippen LogP contribution in [-0.4, -0.2) is 60.5 Å². The molecule has 0 saturated carbocycles. The Bertz CT molecular complexity index is 860. The minimum Gasteiger partial charge on any atom is -0.507 e. The molecule has 0 aromatic heterocycles. The van der Waals surface area contributed by atoms with E-state index in [1.165, 1.54) is 20.3 Å². The summed E-state index contributed by atoms with van der Waals surface area (Å²) >= 11 is 0. The second kappa shape index (κ2) is 5.48. The van der Waals surface area contributed by atoms with Gasteiger partial charge >= 0.3 is 0 Å². The number of hydrogen-bond donors (Lipinski definition) is 2. The fourth-order valence-electron chi connectivity index (χ4n) is 4.94. The summed E-state index contributed by atoms with van der Waals surface area (Å²) < 4.78 is 10.4. The van der Waals surface area contributed by atoms with Gasteiger partial charge in [0.25, 0.3) is 0 Å². The van der Waals surface area contributed by atoms with Crippen molar-refractivity contribution in [1.29, 1.82) is 0 Å². The van der Waals surface area contributed by atoms with E-state index in [0.29, 0.717) is 18.5 Å². The molecule has 138 valence electrons. The van der Waals surface area contributed by atoms with Crippen LogP contribution in [0.25, 0.3) is 0 Å². The highest BCUT2D eigenvalue weighted by Gasteiger charge is 2.60. The number of likely N-dealkylation sites (N-methyl/N-ethyl adjacent to an activating group) is 1. The van der Waals surface area contributed by atoms with E-state index in [9.17, 15) is 19.8 Å². The quantitative estimate of drug-likeness (QED) is 0.770. The molecule has 0 amide bonds. The fraction of sp³-hybridized carbons (Fsp3) is 0.474. The Balaban J connectivity index is 2.08. The van der Waals surface area contributed by atoms with Gasteiger partial charge in [-0.3, -0.25) is 14.5 Å². The molecule has 3 atom stereocenters. The van der Waals surface area contributed by atoms with Gasteiger partial charge in [0.05, 0.1) is 25.8 Å². The Kier molecular flexibility index (Phi) is 3.56. The molecule has 2 bridgehead atoms. The minimum absolute atomic E-state index is 0.0912. The maximum atomic E-state index is 13.2. The number of allylic oxidation sites excluding steroid dienone is 1.